The maximum Gasteiger partial charge on any atom is 0.293 e. The molecule has 1 heterocycles. The number of benzene rings is 3. The molecular weight excluding hydrogens is 483 g/mol. The molecule has 7 nitrogen and oxygen atoms in total. The van der Waals surface area contributed by atoms with Gasteiger partial charge in [-0.25, -0.2) is 4.39 Å². The van der Waals surface area contributed by atoms with E-state index in [1.54, 1.807) is 36.4 Å². The zero-order valence-corrected chi connectivity index (χ0v) is 19.0. The molecule has 0 unspecified atom stereocenters. The van der Waals surface area contributed by atoms with Crippen molar-refractivity contribution in [3.8, 4) is 5.75 Å². The van der Waals surface area contributed by atoms with Gasteiger partial charge in [0.25, 0.3) is 16.8 Å². The second kappa shape index (κ2) is 10.1. The number of imide groups is 1. The molecule has 10 heteroatoms. The summed E-state index contributed by atoms with van der Waals surface area (Å²) in [6.07, 6.45) is 1.57. The summed E-state index contributed by atoms with van der Waals surface area (Å²) in [5, 5.41) is 10.6. The molecule has 0 radical (unpaired) electrons. The summed E-state index contributed by atoms with van der Waals surface area (Å²) >= 11 is 6.83. The van der Waals surface area contributed by atoms with Crippen LogP contribution in [0.1, 0.15) is 16.7 Å². The number of carbonyl (C=O) groups is 2. The maximum absolute atomic E-state index is 14.0. The van der Waals surface area contributed by atoms with Crippen LogP contribution in [0.4, 0.5) is 14.9 Å². The Morgan fingerprint density at radius 2 is 1.82 bits per heavy atom. The molecule has 1 fully saturated rings. The Hall–Kier alpha value is -3.69. The van der Waals surface area contributed by atoms with Gasteiger partial charge >= 0.3 is 0 Å². The van der Waals surface area contributed by atoms with Crippen LogP contribution in [0.25, 0.3) is 6.08 Å². The third kappa shape index (κ3) is 5.27. The second-order valence-electron chi connectivity index (χ2n) is 7.25. The van der Waals surface area contributed by atoms with Crippen molar-refractivity contribution in [2.75, 3.05) is 0 Å². The van der Waals surface area contributed by atoms with Gasteiger partial charge in [-0.15, -0.1) is 0 Å². The lowest BCUT2D eigenvalue weighted by atomic mass is 10.1. The first-order chi connectivity index (χ1) is 16.3. The minimum Gasteiger partial charge on any atom is -0.489 e. The molecule has 3 aromatic rings. The average Bonchev–Trinajstić information content (AvgIpc) is 3.06. The van der Waals surface area contributed by atoms with E-state index in [1.807, 2.05) is 0 Å². The SMILES string of the molecule is O=C1S/C(=C\c2cccc(OCc3c(F)cccc3Cl)c2)C(=O)N1Cc1ccc([N+](=O)[O-])cc1. The molecule has 0 atom stereocenters. The summed E-state index contributed by atoms with van der Waals surface area (Å²) < 4.78 is 19.6. The number of nitrogens with zero attached hydrogens (tertiary/aromatic N) is 2. The van der Waals surface area contributed by atoms with Crippen molar-refractivity contribution in [2.45, 2.75) is 13.2 Å². The fourth-order valence-corrected chi connectivity index (χ4v) is 4.27. The lowest BCUT2D eigenvalue weighted by Crippen LogP contribution is -2.27. The van der Waals surface area contributed by atoms with Crippen molar-refractivity contribution < 1.29 is 23.6 Å². The van der Waals surface area contributed by atoms with E-state index in [0.717, 1.165) is 16.7 Å². The lowest BCUT2D eigenvalue weighted by Gasteiger charge is -2.12. The fraction of sp³-hybridized carbons (Fsp3) is 0.0833. The van der Waals surface area contributed by atoms with Crippen molar-refractivity contribution in [3.05, 3.63) is 109 Å². The Morgan fingerprint density at radius 1 is 1.09 bits per heavy atom. The highest BCUT2D eigenvalue weighted by Gasteiger charge is 2.35. The Kier molecular flexibility index (Phi) is 6.95. The van der Waals surface area contributed by atoms with Gasteiger partial charge in [0.05, 0.1) is 21.4 Å². The molecule has 0 aliphatic carbocycles. The van der Waals surface area contributed by atoms with Crippen LogP contribution < -0.4 is 4.74 Å². The van der Waals surface area contributed by atoms with Crippen molar-refractivity contribution >= 4 is 46.3 Å². The Bertz CT molecular complexity index is 1290. The summed E-state index contributed by atoms with van der Waals surface area (Å²) in [6.45, 7) is -0.0622. The first kappa shape index (κ1) is 23.5. The van der Waals surface area contributed by atoms with Gasteiger partial charge in [-0.1, -0.05) is 41.9 Å². The van der Waals surface area contributed by atoms with E-state index in [2.05, 4.69) is 0 Å². The number of thioether (sulfide) groups is 1. The lowest BCUT2D eigenvalue weighted by molar-refractivity contribution is -0.384. The highest BCUT2D eigenvalue weighted by molar-refractivity contribution is 8.18. The highest BCUT2D eigenvalue weighted by Crippen LogP contribution is 2.34. The summed E-state index contributed by atoms with van der Waals surface area (Å²) in [7, 11) is 0. The van der Waals surface area contributed by atoms with Gasteiger partial charge in [0, 0.05) is 17.7 Å². The summed E-state index contributed by atoms with van der Waals surface area (Å²) in [4.78, 5) is 36.8. The number of nitro groups is 1. The molecule has 0 N–H and O–H groups in total. The number of nitro benzene ring substituents is 1. The Morgan fingerprint density at radius 3 is 2.53 bits per heavy atom. The highest BCUT2D eigenvalue weighted by atomic mass is 35.5. The minimum absolute atomic E-state index is 0.00650. The number of ether oxygens (including phenoxy) is 1. The van der Waals surface area contributed by atoms with Gasteiger partial charge in [0.15, 0.2) is 0 Å². The van der Waals surface area contributed by atoms with E-state index >= 15 is 0 Å². The summed E-state index contributed by atoms with van der Waals surface area (Å²) in [5.74, 6) is -0.485. The molecule has 0 aromatic heterocycles. The number of rotatable bonds is 7. The monoisotopic (exact) mass is 498 g/mol. The molecule has 1 aliphatic rings. The number of carbonyl (C=O) groups excluding carboxylic acids is 2. The van der Waals surface area contributed by atoms with Crippen molar-refractivity contribution in [2.24, 2.45) is 0 Å². The van der Waals surface area contributed by atoms with E-state index in [1.165, 1.54) is 36.4 Å². The normalized spacial score (nSPS) is 14.6. The van der Waals surface area contributed by atoms with Crippen LogP contribution in [0.3, 0.4) is 0 Å². The number of non-ortho nitro benzene ring substituents is 1. The van der Waals surface area contributed by atoms with E-state index in [-0.39, 0.29) is 34.3 Å². The number of hydrogen-bond donors (Lipinski definition) is 0. The minimum atomic E-state index is -0.518. The van der Waals surface area contributed by atoms with Crippen LogP contribution in [0, 0.1) is 15.9 Å². The smallest absolute Gasteiger partial charge is 0.293 e. The van der Waals surface area contributed by atoms with Gasteiger partial charge in [-0.3, -0.25) is 24.6 Å². The molecule has 1 saturated heterocycles. The Labute approximate surface area is 202 Å². The number of halogens is 2. The molecule has 2 amide bonds. The van der Waals surface area contributed by atoms with Crippen LogP contribution in [-0.2, 0) is 17.9 Å². The molecule has 34 heavy (non-hydrogen) atoms. The second-order valence-corrected chi connectivity index (χ2v) is 8.65. The summed E-state index contributed by atoms with van der Waals surface area (Å²) in [5.41, 5.74) is 1.38. The largest absolute Gasteiger partial charge is 0.489 e. The molecule has 3 aromatic carbocycles. The molecule has 172 valence electrons. The van der Waals surface area contributed by atoms with Crippen LogP contribution >= 0.6 is 23.4 Å². The average molecular weight is 499 g/mol. The van der Waals surface area contributed by atoms with Crippen LogP contribution in [0.15, 0.2) is 71.6 Å². The standard InChI is InChI=1S/C24H16ClFN2O5S/c25-20-5-2-6-21(26)19(20)14-33-18-4-1-3-16(11-18)12-22-23(29)27(24(30)34-22)13-15-7-9-17(10-8-15)28(31)32/h1-12H,13-14H2/b22-12-. The Balaban J connectivity index is 1.46. The topological polar surface area (TPSA) is 89.8 Å². The molecular formula is C24H16ClFN2O5S. The molecule has 1 aliphatic heterocycles. The first-order valence-electron chi connectivity index (χ1n) is 9.96. The first-order valence-corrected chi connectivity index (χ1v) is 11.2. The number of hydrogen-bond acceptors (Lipinski definition) is 6. The summed E-state index contributed by atoms with van der Waals surface area (Å²) in [6, 6.07) is 16.9. The quantitative estimate of drug-likeness (QED) is 0.219. The molecule has 0 bridgehead atoms. The fourth-order valence-electron chi connectivity index (χ4n) is 3.21. The van der Waals surface area contributed by atoms with Crippen molar-refractivity contribution in [1.82, 2.24) is 4.90 Å². The van der Waals surface area contributed by atoms with Crippen molar-refractivity contribution in [1.29, 1.82) is 0 Å². The molecule has 0 spiro atoms. The van der Waals surface area contributed by atoms with Gasteiger partial charge in [-0.05, 0) is 53.2 Å². The van der Waals surface area contributed by atoms with Crippen LogP contribution in [0.2, 0.25) is 5.02 Å². The van der Waals surface area contributed by atoms with Gasteiger partial charge in [0.2, 0.25) is 0 Å². The van der Waals surface area contributed by atoms with E-state index < -0.39 is 21.9 Å². The van der Waals surface area contributed by atoms with E-state index in [0.29, 0.717) is 16.9 Å². The van der Waals surface area contributed by atoms with Gasteiger partial charge in [-0.2, -0.15) is 0 Å². The van der Waals surface area contributed by atoms with Gasteiger partial charge < -0.3 is 4.74 Å². The third-order valence-corrected chi connectivity index (χ3v) is 6.22. The maximum atomic E-state index is 14.0. The van der Waals surface area contributed by atoms with Crippen LogP contribution in [-0.4, -0.2) is 21.0 Å². The zero-order chi connectivity index (χ0) is 24.2. The predicted octanol–water partition coefficient (Wildman–Crippen LogP) is 6.20. The molecule has 4 rings (SSSR count). The molecule has 0 saturated carbocycles. The van der Waals surface area contributed by atoms with Gasteiger partial charge in [0.1, 0.15) is 18.2 Å². The zero-order valence-electron chi connectivity index (χ0n) is 17.4. The van der Waals surface area contributed by atoms with E-state index in [9.17, 15) is 24.1 Å². The third-order valence-electron chi connectivity index (χ3n) is 4.96. The predicted molar refractivity (Wildman–Crippen MR) is 127 cm³/mol. The van der Waals surface area contributed by atoms with E-state index in [4.69, 9.17) is 16.3 Å². The van der Waals surface area contributed by atoms with Crippen LogP contribution in [0.5, 0.6) is 5.75 Å². The number of amides is 2. The van der Waals surface area contributed by atoms with Crippen molar-refractivity contribution in [3.63, 3.8) is 0 Å².